The number of aryl methyl sites for hydroxylation is 2. The minimum absolute atomic E-state index is 0.0720. The van der Waals surface area contributed by atoms with Crippen molar-refractivity contribution in [3.63, 3.8) is 0 Å². The first-order valence-electron chi connectivity index (χ1n) is 12.9. The number of carbonyl (C=O) groups excluding carboxylic acids is 2. The lowest BCUT2D eigenvalue weighted by Crippen LogP contribution is -2.29. The molecule has 0 aromatic carbocycles. The molecule has 214 valence electrons. The van der Waals surface area contributed by atoms with Crippen LogP contribution >= 0.6 is 11.3 Å². The summed E-state index contributed by atoms with van der Waals surface area (Å²) >= 11 is 1.35. The van der Waals surface area contributed by atoms with Gasteiger partial charge in [0.15, 0.2) is 0 Å². The second-order valence-electron chi connectivity index (χ2n) is 10.3. The summed E-state index contributed by atoms with van der Waals surface area (Å²) in [6, 6.07) is 1.12. The Morgan fingerprint density at radius 3 is 2.75 bits per heavy atom. The van der Waals surface area contributed by atoms with Crippen molar-refractivity contribution < 1.29 is 31.9 Å². The molecule has 6 rings (SSSR count). The molecule has 0 spiro atoms. The van der Waals surface area contributed by atoms with Gasteiger partial charge in [0.2, 0.25) is 17.7 Å². The first-order chi connectivity index (χ1) is 19.1. The molecular weight excluding hydrogens is 556 g/mol. The van der Waals surface area contributed by atoms with Crippen molar-refractivity contribution in [2.45, 2.75) is 57.1 Å². The van der Waals surface area contributed by atoms with Crippen LogP contribution in [0.1, 0.15) is 52.5 Å². The maximum Gasteiger partial charge on any atom is 0.388 e. The summed E-state index contributed by atoms with van der Waals surface area (Å²) in [5.41, 5.74) is 1.06. The quantitative estimate of drug-likeness (QED) is 0.310. The van der Waals surface area contributed by atoms with Crippen LogP contribution in [-0.4, -0.2) is 55.4 Å². The monoisotopic (exact) mass is 582 g/mol. The number of alkyl halides is 4. The molecular formula is C24H26F4N8O3S. The van der Waals surface area contributed by atoms with E-state index >= 15 is 0 Å². The summed E-state index contributed by atoms with van der Waals surface area (Å²) in [5.74, 6) is -3.92. The molecule has 3 aromatic rings. The van der Waals surface area contributed by atoms with Gasteiger partial charge >= 0.3 is 6.61 Å². The summed E-state index contributed by atoms with van der Waals surface area (Å²) in [4.78, 5) is 26.8. The lowest BCUT2D eigenvalue weighted by Gasteiger charge is -2.25. The van der Waals surface area contributed by atoms with Crippen LogP contribution in [0, 0.1) is 11.8 Å². The number of thiophene rings is 1. The molecule has 11 nitrogen and oxygen atoms in total. The number of nitrogens with one attached hydrogen (secondary N) is 3. The van der Waals surface area contributed by atoms with E-state index in [1.165, 1.54) is 28.4 Å². The fourth-order valence-electron chi connectivity index (χ4n) is 4.91. The van der Waals surface area contributed by atoms with Crippen molar-refractivity contribution in [1.29, 1.82) is 0 Å². The zero-order valence-electron chi connectivity index (χ0n) is 21.3. The Morgan fingerprint density at radius 1 is 1.27 bits per heavy atom. The van der Waals surface area contributed by atoms with Crippen molar-refractivity contribution in [3.05, 3.63) is 28.4 Å². The van der Waals surface area contributed by atoms with Gasteiger partial charge in [0.1, 0.15) is 17.1 Å². The smallest absolute Gasteiger partial charge is 0.388 e. The third-order valence-corrected chi connectivity index (χ3v) is 8.59. The number of anilines is 3. The average Bonchev–Trinajstić information content (AvgIpc) is 3.69. The van der Waals surface area contributed by atoms with Crippen molar-refractivity contribution in [2.75, 3.05) is 17.2 Å². The minimum Gasteiger partial charge on any atom is -0.415 e. The van der Waals surface area contributed by atoms with Crippen molar-refractivity contribution >= 4 is 39.9 Å². The van der Waals surface area contributed by atoms with Gasteiger partial charge in [0.05, 0.1) is 5.56 Å². The Balaban J connectivity index is 1.23. The zero-order chi connectivity index (χ0) is 28.2. The molecule has 2 atom stereocenters. The van der Waals surface area contributed by atoms with E-state index in [9.17, 15) is 27.2 Å². The molecule has 2 amide bonds. The van der Waals surface area contributed by atoms with E-state index in [1.807, 2.05) is 0 Å². The van der Waals surface area contributed by atoms with Crippen LogP contribution in [0.2, 0.25) is 0 Å². The summed E-state index contributed by atoms with van der Waals surface area (Å²) in [6.07, 6.45) is 4.57. The maximum absolute atomic E-state index is 13.4. The molecule has 3 N–H and O–H groups in total. The number of nitrogens with zero attached hydrogens (tertiary/aromatic N) is 5. The first kappa shape index (κ1) is 26.5. The molecule has 0 bridgehead atoms. The first-order valence-corrected chi connectivity index (χ1v) is 13.7. The summed E-state index contributed by atoms with van der Waals surface area (Å²) in [5, 5.41) is 21.0. The molecule has 40 heavy (non-hydrogen) atoms. The van der Waals surface area contributed by atoms with Gasteiger partial charge < -0.3 is 20.7 Å². The van der Waals surface area contributed by atoms with Gasteiger partial charge in [0, 0.05) is 48.8 Å². The van der Waals surface area contributed by atoms with Gasteiger partial charge in [-0.05, 0) is 37.7 Å². The fraction of sp³-hybridized carbons (Fsp3) is 0.542. The highest BCUT2D eigenvalue weighted by atomic mass is 32.1. The summed E-state index contributed by atoms with van der Waals surface area (Å²) < 4.78 is 59.5. The Bertz CT molecular complexity index is 1450. The van der Waals surface area contributed by atoms with Gasteiger partial charge in [-0.3, -0.25) is 14.2 Å². The summed E-state index contributed by atoms with van der Waals surface area (Å²) in [7, 11) is 1.56. The minimum atomic E-state index is -3.01. The van der Waals surface area contributed by atoms with E-state index in [4.69, 9.17) is 0 Å². The standard InChI is InChI=1S/C24H26F4N8O3S/c1-35-16(7-17(34-35)39-22(25)26)31-23-33-30-10-36(23)13-4-5-15-14(6-13)18(20(38)29-9-12-8-24(12,27)28)21(40-15)32-19(37)11-2-3-11/h7,10-13,22H,2-6,8-9H2,1H3,(H,29,38)(H,31,33)(H,32,37)/t12-,13-/m0/s1. The molecule has 3 heterocycles. The number of aromatic nitrogens is 5. The molecule has 3 aliphatic rings. The number of rotatable bonds is 10. The zero-order valence-corrected chi connectivity index (χ0v) is 22.1. The molecule has 0 aliphatic heterocycles. The molecule has 2 fully saturated rings. The number of hydrogen-bond acceptors (Lipinski definition) is 8. The number of hydrogen-bond donors (Lipinski definition) is 3. The lowest BCUT2D eigenvalue weighted by molar-refractivity contribution is -0.117. The van der Waals surface area contributed by atoms with Gasteiger partial charge in [-0.15, -0.1) is 26.6 Å². The van der Waals surface area contributed by atoms with E-state index in [-0.39, 0.29) is 36.7 Å². The highest BCUT2D eigenvalue weighted by Gasteiger charge is 2.56. The number of halogens is 4. The Labute approximate surface area is 229 Å². The van der Waals surface area contributed by atoms with E-state index in [2.05, 4.69) is 36.0 Å². The summed E-state index contributed by atoms with van der Waals surface area (Å²) in [6.45, 7) is -3.16. The maximum atomic E-state index is 13.4. The Morgan fingerprint density at radius 2 is 2.05 bits per heavy atom. The van der Waals surface area contributed by atoms with E-state index in [1.54, 1.807) is 11.6 Å². The fourth-order valence-corrected chi connectivity index (χ4v) is 6.15. The number of ether oxygens (including phenoxy) is 1. The topological polar surface area (TPSA) is 128 Å². The van der Waals surface area contributed by atoms with Crippen LogP contribution in [0.5, 0.6) is 5.88 Å². The largest absolute Gasteiger partial charge is 0.415 e. The predicted molar refractivity (Wildman–Crippen MR) is 135 cm³/mol. The van der Waals surface area contributed by atoms with Crippen LogP contribution in [0.3, 0.4) is 0 Å². The third kappa shape index (κ3) is 5.36. The highest BCUT2D eigenvalue weighted by molar-refractivity contribution is 7.17. The van der Waals surface area contributed by atoms with Crippen LogP contribution in [0.15, 0.2) is 12.4 Å². The SMILES string of the molecule is Cn1nc(OC(F)F)cc1Nc1nncn1[C@H]1CCc2sc(NC(=O)C3CC3)c(C(=O)NC[C@@H]3CC3(F)F)c2C1. The Hall–Kier alpha value is -3.69. The highest BCUT2D eigenvalue weighted by Crippen LogP contribution is 2.48. The van der Waals surface area contributed by atoms with E-state index < -0.39 is 24.4 Å². The van der Waals surface area contributed by atoms with Gasteiger partial charge in [-0.2, -0.15) is 8.78 Å². The van der Waals surface area contributed by atoms with Crippen LogP contribution in [0.25, 0.3) is 0 Å². The molecule has 0 radical (unpaired) electrons. The van der Waals surface area contributed by atoms with Gasteiger partial charge in [-0.25, -0.2) is 13.5 Å². The van der Waals surface area contributed by atoms with Crippen LogP contribution in [-0.2, 0) is 24.7 Å². The number of carbonyl (C=O) groups is 2. The predicted octanol–water partition coefficient (Wildman–Crippen LogP) is 3.88. The van der Waals surface area contributed by atoms with Gasteiger partial charge in [-0.1, -0.05) is 0 Å². The second-order valence-corrected chi connectivity index (χ2v) is 11.4. The van der Waals surface area contributed by atoms with Crippen LogP contribution < -0.4 is 20.7 Å². The van der Waals surface area contributed by atoms with Crippen molar-refractivity contribution in [3.8, 4) is 5.88 Å². The average molecular weight is 583 g/mol. The normalized spacial score (nSPS) is 21.1. The number of amides is 2. The second kappa shape index (κ2) is 10.1. The van der Waals surface area contributed by atoms with Crippen molar-refractivity contribution in [2.24, 2.45) is 18.9 Å². The molecule has 3 aromatic heterocycles. The van der Waals surface area contributed by atoms with Crippen LogP contribution in [0.4, 0.5) is 34.3 Å². The lowest BCUT2D eigenvalue weighted by atomic mass is 9.91. The Kier molecular flexibility index (Phi) is 6.67. The number of fused-ring (bicyclic) bond motifs is 1. The third-order valence-electron chi connectivity index (χ3n) is 7.39. The molecule has 3 aliphatic carbocycles. The van der Waals surface area contributed by atoms with E-state index in [0.717, 1.165) is 23.3 Å². The van der Waals surface area contributed by atoms with E-state index in [0.29, 0.717) is 41.6 Å². The molecule has 16 heteroatoms. The molecule has 0 saturated heterocycles. The van der Waals surface area contributed by atoms with Gasteiger partial charge in [0.25, 0.3) is 11.8 Å². The molecule has 2 saturated carbocycles. The van der Waals surface area contributed by atoms with Crippen molar-refractivity contribution in [1.82, 2.24) is 29.9 Å². The molecule has 0 unspecified atom stereocenters.